The van der Waals surface area contributed by atoms with Crippen LogP contribution in [-0.2, 0) is 10.0 Å². The van der Waals surface area contributed by atoms with Crippen LogP contribution in [0.5, 0.6) is 0 Å². The van der Waals surface area contributed by atoms with E-state index in [4.69, 9.17) is 5.73 Å². The monoisotopic (exact) mass is 243 g/mol. The zero-order valence-corrected chi connectivity index (χ0v) is 10.7. The van der Waals surface area contributed by atoms with E-state index in [2.05, 4.69) is 4.83 Å². The van der Waals surface area contributed by atoms with Crippen LogP contribution in [0.1, 0.15) is 11.1 Å². The zero-order valence-electron chi connectivity index (χ0n) is 9.90. The number of sulfonamides is 1. The standard InChI is InChI=1S/C10H17N3O2S/c1-7-5-9(6-10(11)8(7)2)16(14,15)12-13(3)4/h5-6,12H,11H2,1-4H3. The molecule has 1 rings (SSSR count). The predicted molar refractivity (Wildman–Crippen MR) is 64.3 cm³/mol. The summed E-state index contributed by atoms with van der Waals surface area (Å²) in [7, 11) is -0.299. The highest BCUT2D eigenvalue weighted by molar-refractivity contribution is 7.89. The maximum absolute atomic E-state index is 11.9. The van der Waals surface area contributed by atoms with Crippen molar-refractivity contribution in [1.82, 2.24) is 9.84 Å². The SMILES string of the molecule is Cc1cc(S(=O)(=O)NN(C)C)cc(N)c1C. The Morgan fingerprint density at radius 3 is 2.25 bits per heavy atom. The maximum atomic E-state index is 11.9. The summed E-state index contributed by atoms with van der Waals surface area (Å²) >= 11 is 0. The van der Waals surface area contributed by atoms with Gasteiger partial charge in [-0.15, -0.1) is 4.83 Å². The van der Waals surface area contributed by atoms with Crippen LogP contribution in [0.2, 0.25) is 0 Å². The van der Waals surface area contributed by atoms with Gasteiger partial charge in [-0.2, -0.15) is 0 Å². The lowest BCUT2D eigenvalue weighted by Gasteiger charge is -2.14. The second-order valence-electron chi connectivity index (χ2n) is 3.94. The Balaban J connectivity index is 3.25. The molecule has 0 spiro atoms. The summed E-state index contributed by atoms with van der Waals surface area (Å²) in [5, 5.41) is 1.38. The van der Waals surface area contributed by atoms with Crippen LogP contribution >= 0.6 is 0 Å². The molecule has 0 aliphatic carbocycles. The lowest BCUT2D eigenvalue weighted by atomic mass is 10.1. The average molecular weight is 243 g/mol. The van der Waals surface area contributed by atoms with Gasteiger partial charge in [-0.05, 0) is 37.1 Å². The average Bonchev–Trinajstić information content (AvgIpc) is 2.11. The van der Waals surface area contributed by atoms with Crippen molar-refractivity contribution in [3.63, 3.8) is 0 Å². The van der Waals surface area contributed by atoms with Gasteiger partial charge < -0.3 is 5.73 Å². The molecule has 1 aromatic rings. The molecular weight excluding hydrogens is 226 g/mol. The van der Waals surface area contributed by atoms with Crippen molar-refractivity contribution in [3.8, 4) is 0 Å². The Morgan fingerprint density at radius 2 is 1.81 bits per heavy atom. The molecule has 0 saturated carbocycles. The van der Waals surface area contributed by atoms with Gasteiger partial charge in [0, 0.05) is 19.8 Å². The van der Waals surface area contributed by atoms with Gasteiger partial charge in [-0.1, -0.05) is 0 Å². The summed E-state index contributed by atoms with van der Waals surface area (Å²) in [4.78, 5) is 2.54. The van der Waals surface area contributed by atoms with Crippen LogP contribution in [0, 0.1) is 13.8 Å². The first-order valence-corrected chi connectivity index (χ1v) is 6.29. The van der Waals surface area contributed by atoms with Crippen molar-refractivity contribution < 1.29 is 8.42 Å². The van der Waals surface area contributed by atoms with Gasteiger partial charge in [-0.3, -0.25) is 0 Å². The Bertz CT molecular complexity index is 472. The molecule has 0 aliphatic rings. The number of hydrogen-bond acceptors (Lipinski definition) is 4. The topological polar surface area (TPSA) is 75.4 Å². The van der Waals surface area contributed by atoms with Crippen molar-refractivity contribution in [2.24, 2.45) is 0 Å². The highest BCUT2D eigenvalue weighted by Gasteiger charge is 2.16. The third kappa shape index (κ3) is 2.72. The quantitative estimate of drug-likeness (QED) is 0.603. The van der Waals surface area contributed by atoms with Gasteiger partial charge in [0.1, 0.15) is 0 Å². The molecule has 0 aromatic heterocycles. The van der Waals surface area contributed by atoms with Crippen LogP contribution in [0.25, 0.3) is 0 Å². The largest absolute Gasteiger partial charge is 0.398 e. The van der Waals surface area contributed by atoms with Gasteiger partial charge in [0.05, 0.1) is 4.90 Å². The molecule has 0 atom stereocenters. The molecular formula is C10H17N3O2S. The van der Waals surface area contributed by atoms with E-state index in [0.29, 0.717) is 5.69 Å². The molecule has 5 nitrogen and oxygen atoms in total. The number of nitrogens with one attached hydrogen (secondary N) is 1. The normalized spacial score (nSPS) is 12.1. The van der Waals surface area contributed by atoms with Crippen molar-refractivity contribution >= 4 is 15.7 Å². The first-order valence-electron chi connectivity index (χ1n) is 4.80. The Hall–Kier alpha value is -1.11. The Morgan fingerprint density at radius 1 is 1.25 bits per heavy atom. The van der Waals surface area contributed by atoms with Crippen LogP contribution in [0.3, 0.4) is 0 Å². The van der Waals surface area contributed by atoms with Crippen LogP contribution in [-0.4, -0.2) is 27.5 Å². The highest BCUT2D eigenvalue weighted by Crippen LogP contribution is 2.21. The van der Waals surface area contributed by atoms with E-state index in [1.165, 1.54) is 11.1 Å². The number of hydrogen-bond donors (Lipinski definition) is 2. The summed E-state index contributed by atoms with van der Waals surface area (Å²) < 4.78 is 23.7. The van der Waals surface area contributed by atoms with Crippen molar-refractivity contribution in [2.45, 2.75) is 18.7 Å². The minimum Gasteiger partial charge on any atom is -0.398 e. The lowest BCUT2D eigenvalue weighted by Crippen LogP contribution is -2.36. The van der Waals surface area contributed by atoms with Crippen molar-refractivity contribution in [3.05, 3.63) is 23.3 Å². The summed E-state index contributed by atoms with van der Waals surface area (Å²) in [5.74, 6) is 0. The van der Waals surface area contributed by atoms with Gasteiger partial charge >= 0.3 is 0 Å². The number of benzene rings is 1. The molecule has 0 unspecified atom stereocenters. The van der Waals surface area contributed by atoms with Gasteiger partial charge in [0.2, 0.25) is 0 Å². The molecule has 90 valence electrons. The Kier molecular flexibility index (Phi) is 3.57. The van der Waals surface area contributed by atoms with E-state index < -0.39 is 10.0 Å². The maximum Gasteiger partial charge on any atom is 0.253 e. The molecule has 16 heavy (non-hydrogen) atoms. The molecule has 3 N–H and O–H groups in total. The van der Waals surface area contributed by atoms with Gasteiger partial charge in [0.15, 0.2) is 0 Å². The van der Waals surface area contributed by atoms with E-state index >= 15 is 0 Å². The second-order valence-corrected chi connectivity index (χ2v) is 5.60. The number of hydrazine groups is 1. The lowest BCUT2D eigenvalue weighted by molar-refractivity contribution is 0.364. The van der Waals surface area contributed by atoms with Gasteiger partial charge in [-0.25, -0.2) is 13.4 Å². The van der Waals surface area contributed by atoms with Crippen LogP contribution in [0.15, 0.2) is 17.0 Å². The minimum absolute atomic E-state index is 0.182. The number of rotatable bonds is 3. The predicted octanol–water partition coefficient (Wildman–Crippen LogP) is 0.641. The molecule has 0 amide bonds. The molecule has 0 radical (unpaired) electrons. The smallest absolute Gasteiger partial charge is 0.253 e. The zero-order chi connectivity index (χ0) is 12.5. The van der Waals surface area contributed by atoms with Crippen molar-refractivity contribution in [1.29, 1.82) is 0 Å². The fourth-order valence-corrected chi connectivity index (χ4v) is 2.50. The summed E-state index contributed by atoms with van der Waals surface area (Å²) in [6.45, 7) is 3.70. The summed E-state index contributed by atoms with van der Waals surface area (Å²) in [5.41, 5.74) is 8.00. The number of nitrogens with two attached hydrogens (primary N) is 1. The minimum atomic E-state index is -3.53. The number of nitrogen functional groups attached to an aromatic ring is 1. The third-order valence-corrected chi connectivity index (χ3v) is 3.76. The van der Waals surface area contributed by atoms with E-state index in [1.807, 2.05) is 13.8 Å². The fraction of sp³-hybridized carbons (Fsp3) is 0.400. The molecule has 0 heterocycles. The fourth-order valence-electron chi connectivity index (χ4n) is 1.30. The van der Waals surface area contributed by atoms with Crippen LogP contribution in [0.4, 0.5) is 5.69 Å². The second kappa shape index (κ2) is 4.40. The molecule has 6 heteroatoms. The molecule has 0 bridgehead atoms. The molecule has 0 saturated heterocycles. The third-order valence-electron chi connectivity index (χ3n) is 2.29. The van der Waals surface area contributed by atoms with E-state index in [-0.39, 0.29) is 4.90 Å². The van der Waals surface area contributed by atoms with Crippen molar-refractivity contribution in [2.75, 3.05) is 19.8 Å². The number of aryl methyl sites for hydroxylation is 1. The number of nitrogens with zero attached hydrogens (tertiary/aromatic N) is 1. The number of anilines is 1. The first kappa shape index (κ1) is 13.0. The highest BCUT2D eigenvalue weighted by atomic mass is 32.2. The van der Waals surface area contributed by atoms with E-state index in [1.54, 1.807) is 20.2 Å². The molecule has 1 aromatic carbocycles. The molecule has 0 fully saturated rings. The van der Waals surface area contributed by atoms with E-state index in [9.17, 15) is 8.42 Å². The Labute approximate surface area is 96.3 Å². The first-order chi connectivity index (χ1) is 7.24. The summed E-state index contributed by atoms with van der Waals surface area (Å²) in [6.07, 6.45) is 0. The van der Waals surface area contributed by atoms with E-state index in [0.717, 1.165) is 11.1 Å². The van der Waals surface area contributed by atoms with Gasteiger partial charge in [0.25, 0.3) is 10.0 Å². The van der Waals surface area contributed by atoms with Crippen LogP contribution < -0.4 is 10.6 Å². The summed E-state index contributed by atoms with van der Waals surface area (Å²) in [6, 6.07) is 3.08. The molecule has 0 aliphatic heterocycles.